The molecule has 0 spiro atoms. The monoisotopic (exact) mass is 544 g/mol. The minimum absolute atomic E-state index is 0.795. The Morgan fingerprint density at radius 2 is 0.925 bits per heavy atom. The molecule has 0 N–H and O–H groups in total. The summed E-state index contributed by atoms with van der Waals surface area (Å²) in [6, 6.07) is 17.7. The first kappa shape index (κ1) is 32.0. The van der Waals surface area contributed by atoms with Crippen molar-refractivity contribution in [1.82, 2.24) is 0 Å². The van der Waals surface area contributed by atoms with Gasteiger partial charge in [-0.25, -0.2) is 0 Å². The molecule has 3 aromatic rings. The number of hydrogen-bond acceptors (Lipinski definition) is 2. The van der Waals surface area contributed by atoms with Gasteiger partial charge < -0.3 is 9.47 Å². The molecular weight excluding hydrogens is 488 g/mol. The van der Waals surface area contributed by atoms with Gasteiger partial charge in [-0.3, -0.25) is 0 Å². The quantitative estimate of drug-likeness (QED) is 0.124. The van der Waals surface area contributed by atoms with Crippen LogP contribution in [0.15, 0.2) is 48.5 Å². The van der Waals surface area contributed by atoms with Gasteiger partial charge in [0.05, 0.1) is 13.2 Å². The minimum atomic E-state index is 0.795. The highest BCUT2D eigenvalue weighted by Gasteiger charge is 2.13. The van der Waals surface area contributed by atoms with Gasteiger partial charge in [0.2, 0.25) is 0 Å². The number of aryl methyl sites for hydroxylation is 2. The molecule has 0 heterocycles. The lowest BCUT2D eigenvalue weighted by molar-refractivity contribution is 0.304. The molecule has 2 nitrogen and oxygen atoms in total. The van der Waals surface area contributed by atoms with Gasteiger partial charge >= 0.3 is 0 Å². The molecule has 0 bridgehead atoms. The van der Waals surface area contributed by atoms with Crippen molar-refractivity contribution in [3.8, 4) is 22.6 Å². The van der Waals surface area contributed by atoms with E-state index in [1.54, 1.807) is 0 Å². The van der Waals surface area contributed by atoms with E-state index >= 15 is 0 Å². The van der Waals surface area contributed by atoms with Crippen LogP contribution in [0.5, 0.6) is 11.5 Å². The molecule has 0 saturated heterocycles. The van der Waals surface area contributed by atoms with Gasteiger partial charge in [-0.1, -0.05) is 140 Å². The first-order chi connectivity index (χ1) is 19.7. The zero-order chi connectivity index (χ0) is 28.4. The number of ether oxygens (including phenoxy) is 2. The predicted molar refractivity (Wildman–Crippen MR) is 175 cm³/mol. The van der Waals surface area contributed by atoms with Gasteiger partial charge in [-0.15, -0.1) is 0 Å². The van der Waals surface area contributed by atoms with Gasteiger partial charge in [0, 0.05) is 5.39 Å². The number of fused-ring (bicyclic) bond motifs is 1. The summed E-state index contributed by atoms with van der Waals surface area (Å²) in [5.41, 5.74) is 5.04. The van der Waals surface area contributed by atoms with Crippen LogP contribution in [0.1, 0.15) is 128 Å². The highest BCUT2D eigenvalue weighted by Crippen LogP contribution is 2.38. The maximum atomic E-state index is 6.42. The first-order valence-electron chi connectivity index (χ1n) is 16.5. The number of rotatable bonds is 21. The topological polar surface area (TPSA) is 18.5 Å². The highest BCUT2D eigenvalue weighted by atomic mass is 16.5. The van der Waals surface area contributed by atoms with Crippen molar-refractivity contribution in [2.24, 2.45) is 0 Å². The fourth-order valence-corrected chi connectivity index (χ4v) is 5.72. The summed E-state index contributed by atoms with van der Waals surface area (Å²) >= 11 is 0. The molecule has 2 heteroatoms. The smallest absolute Gasteiger partial charge is 0.130 e. The summed E-state index contributed by atoms with van der Waals surface area (Å²) in [4.78, 5) is 0. The van der Waals surface area contributed by atoms with Gasteiger partial charge in [0.1, 0.15) is 11.5 Å². The predicted octanol–water partition coefficient (Wildman–Crippen LogP) is 12.2. The van der Waals surface area contributed by atoms with E-state index in [9.17, 15) is 0 Å². The third kappa shape index (κ3) is 10.5. The molecule has 0 atom stereocenters. The van der Waals surface area contributed by atoms with E-state index < -0.39 is 0 Å². The lowest BCUT2D eigenvalue weighted by Gasteiger charge is -2.17. The van der Waals surface area contributed by atoms with E-state index in [0.717, 1.165) is 37.6 Å². The molecule has 0 aliphatic rings. The Morgan fingerprint density at radius 3 is 1.50 bits per heavy atom. The van der Waals surface area contributed by atoms with E-state index in [1.165, 1.54) is 123 Å². The van der Waals surface area contributed by atoms with E-state index in [0.29, 0.717) is 0 Å². The van der Waals surface area contributed by atoms with Crippen molar-refractivity contribution < 1.29 is 9.47 Å². The van der Waals surface area contributed by atoms with Gasteiger partial charge in [0.15, 0.2) is 0 Å². The maximum Gasteiger partial charge on any atom is 0.130 e. The van der Waals surface area contributed by atoms with Crippen molar-refractivity contribution in [2.45, 2.75) is 130 Å². The summed E-state index contributed by atoms with van der Waals surface area (Å²) in [5, 5.41) is 2.49. The van der Waals surface area contributed by atoms with E-state index in [2.05, 4.69) is 76.2 Å². The summed E-state index contributed by atoms with van der Waals surface area (Å²) in [6.45, 7) is 10.5. The molecule has 0 aliphatic heterocycles. The van der Waals surface area contributed by atoms with Crippen LogP contribution in [0.2, 0.25) is 0 Å². The second-order valence-electron chi connectivity index (χ2n) is 11.7. The molecule has 3 rings (SSSR count). The molecule has 3 aromatic carbocycles. The van der Waals surface area contributed by atoms with Gasteiger partial charge in [-0.2, -0.15) is 0 Å². The van der Waals surface area contributed by atoms with Crippen LogP contribution in [-0.2, 0) is 0 Å². The average molecular weight is 545 g/mol. The molecule has 0 saturated carbocycles. The molecule has 40 heavy (non-hydrogen) atoms. The Kier molecular flexibility index (Phi) is 15.1. The first-order valence-corrected chi connectivity index (χ1v) is 16.5. The Bertz CT molecular complexity index is 1100. The summed E-state index contributed by atoms with van der Waals surface area (Å²) in [6.07, 6.45) is 21.1. The van der Waals surface area contributed by atoms with Crippen molar-refractivity contribution in [2.75, 3.05) is 13.2 Å². The van der Waals surface area contributed by atoms with Crippen LogP contribution in [0, 0.1) is 13.8 Å². The van der Waals surface area contributed by atoms with Gasteiger partial charge in [0.25, 0.3) is 0 Å². The standard InChI is InChI=1S/C38H56O2/c1-5-7-9-11-13-15-17-19-29-39-34-25-23-33(24-26-34)37-31(3)21-28-36-35(37)27-22-32(4)38(36)40-30-20-18-16-14-12-10-8-6-2/h21-28H,5-20,29-30H2,1-4H3. The summed E-state index contributed by atoms with van der Waals surface area (Å²) < 4.78 is 12.5. The number of hydrogen-bond donors (Lipinski definition) is 0. The zero-order valence-electron chi connectivity index (χ0n) is 26.2. The second-order valence-corrected chi connectivity index (χ2v) is 11.7. The molecule has 220 valence electrons. The van der Waals surface area contributed by atoms with Crippen LogP contribution in [-0.4, -0.2) is 13.2 Å². The van der Waals surface area contributed by atoms with Crippen LogP contribution >= 0.6 is 0 Å². The Hall–Kier alpha value is -2.48. The van der Waals surface area contributed by atoms with Crippen molar-refractivity contribution in [3.05, 3.63) is 59.7 Å². The van der Waals surface area contributed by atoms with Crippen molar-refractivity contribution in [3.63, 3.8) is 0 Å². The Labute approximate surface area is 245 Å². The van der Waals surface area contributed by atoms with Crippen LogP contribution in [0.4, 0.5) is 0 Å². The molecule has 0 radical (unpaired) electrons. The maximum absolute atomic E-state index is 6.42. The molecule has 0 aromatic heterocycles. The fraction of sp³-hybridized carbons (Fsp3) is 0.579. The van der Waals surface area contributed by atoms with Crippen molar-refractivity contribution >= 4 is 10.8 Å². The molecule has 0 amide bonds. The Morgan fingerprint density at radius 1 is 0.450 bits per heavy atom. The molecule has 0 fully saturated rings. The molecular formula is C38H56O2. The third-order valence-corrected chi connectivity index (χ3v) is 8.21. The van der Waals surface area contributed by atoms with E-state index in [-0.39, 0.29) is 0 Å². The van der Waals surface area contributed by atoms with Crippen LogP contribution in [0.25, 0.3) is 21.9 Å². The second kappa shape index (κ2) is 18.8. The number of benzene rings is 3. The van der Waals surface area contributed by atoms with Gasteiger partial charge in [-0.05, 0) is 66.5 Å². The van der Waals surface area contributed by atoms with E-state index in [4.69, 9.17) is 9.47 Å². The SMILES string of the molecule is CCCCCCCCCCOc1ccc(-c2c(C)ccc3c(OCCCCCCCCCC)c(C)ccc23)cc1. The van der Waals surface area contributed by atoms with Crippen LogP contribution < -0.4 is 9.47 Å². The average Bonchev–Trinajstić information content (AvgIpc) is 2.97. The normalized spacial score (nSPS) is 11.3. The fourth-order valence-electron chi connectivity index (χ4n) is 5.72. The molecule has 0 aliphatic carbocycles. The lowest BCUT2D eigenvalue weighted by Crippen LogP contribution is -2.00. The Balaban J connectivity index is 1.54. The van der Waals surface area contributed by atoms with Crippen LogP contribution in [0.3, 0.4) is 0 Å². The molecule has 0 unspecified atom stereocenters. The largest absolute Gasteiger partial charge is 0.494 e. The zero-order valence-corrected chi connectivity index (χ0v) is 26.2. The lowest BCUT2D eigenvalue weighted by atomic mass is 9.92. The minimum Gasteiger partial charge on any atom is -0.494 e. The van der Waals surface area contributed by atoms with Crippen molar-refractivity contribution in [1.29, 1.82) is 0 Å². The van der Waals surface area contributed by atoms with E-state index in [1.807, 2.05) is 0 Å². The third-order valence-electron chi connectivity index (χ3n) is 8.21. The summed E-state index contributed by atoms with van der Waals surface area (Å²) in [5.74, 6) is 2.02. The summed E-state index contributed by atoms with van der Waals surface area (Å²) in [7, 11) is 0. The number of unbranched alkanes of at least 4 members (excludes halogenated alkanes) is 14. The highest BCUT2D eigenvalue weighted by molar-refractivity contribution is 6.01.